The first-order valence-corrected chi connectivity index (χ1v) is 8.53. The van der Waals surface area contributed by atoms with Gasteiger partial charge in [-0.05, 0) is 25.0 Å². The van der Waals surface area contributed by atoms with E-state index < -0.39 is 0 Å². The average molecular weight is 317 g/mol. The van der Waals surface area contributed by atoms with Crippen LogP contribution in [0.4, 0.5) is 5.69 Å². The van der Waals surface area contributed by atoms with Gasteiger partial charge in [0.1, 0.15) is 0 Å². The lowest BCUT2D eigenvalue weighted by molar-refractivity contribution is -0.384. The smallest absolute Gasteiger partial charge is 0.269 e. The van der Waals surface area contributed by atoms with Crippen LogP contribution in [0.15, 0.2) is 29.6 Å². The van der Waals surface area contributed by atoms with E-state index in [-0.39, 0.29) is 10.6 Å². The Morgan fingerprint density at radius 3 is 2.68 bits per heavy atom. The topological polar surface area (TPSA) is 68.1 Å². The summed E-state index contributed by atoms with van der Waals surface area (Å²) in [6.45, 7) is 0.970. The van der Waals surface area contributed by atoms with Gasteiger partial charge in [-0.25, -0.2) is 4.98 Å². The van der Waals surface area contributed by atoms with Crippen molar-refractivity contribution < 1.29 is 4.92 Å². The van der Waals surface area contributed by atoms with E-state index in [0.29, 0.717) is 6.04 Å². The number of benzene rings is 1. The normalized spacial score (nSPS) is 15.3. The van der Waals surface area contributed by atoms with E-state index in [1.165, 1.54) is 37.8 Å². The first-order valence-electron chi connectivity index (χ1n) is 7.65. The second-order valence-corrected chi connectivity index (χ2v) is 6.56. The zero-order valence-corrected chi connectivity index (χ0v) is 13.1. The van der Waals surface area contributed by atoms with Crippen LogP contribution in [0.25, 0.3) is 11.3 Å². The summed E-state index contributed by atoms with van der Waals surface area (Å²) in [7, 11) is 0. The molecule has 0 unspecified atom stereocenters. The minimum atomic E-state index is -0.384. The SMILES string of the molecule is O=[N+]([O-])c1ccc(-c2csc(CCNC3CCCC3)n2)cc1. The van der Waals surface area contributed by atoms with Crippen LogP contribution in [0, 0.1) is 10.1 Å². The van der Waals surface area contributed by atoms with Gasteiger partial charge in [-0.3, -0.25) is 10.1 Å². The van der Waals surface area contributed by atoms with E-state index in [1.807, 2.05) is 5.38 Å². The Morgan fingerprint density at radius 1 is 1.27 bits per heavy atom. The largest absolute Gasteiger partial charge is 0.314 e. The second kappa shape index (κ2) is 6.98. The van der Waals surface area contributed by atoms with Crippen molar-refractivity contribution in [3.05, 3.63) is 44.8 Å². The molecule has 3 rings (SSSR count). The standard InChI is InChI=1S/C16H19N3O2S/c20-19(21)14-7-5-12(6-8-14)15-11-22-16(18-15)9-10-17-13-3-1-2-4-13/h5-8,11,13,17H,1-4,9-10H2. The molecule has 22 heavy (non-hydrogen) atoms. The van der Waals surface area contributed by atoms with Gasteiger partial charge in [0, 0.05) is 42.1 Å². The molecule has 2 aromatic rings. The number of nitrogens with zero attached hydrogens (tertiary/aromatic N) is 2. The maximum atomic E-state index is 10.7. The molecule has 1 heterocycles. The van der Waals surface area contributed by atoms with Gasteiger partial charge in [-0.2, -0.15) is 0 Å². The molecule has 0 spiro atoms. The lowest BCUT2D eigenvalue weighted by Gasteiger charge is -2.10. The Bertz CT molecular complexity index is 633. The van der Waals surface area contributed by atoms with Crippen LogP contribution in [0.5, 0.6) is 0 Å². The van der Waals surface area contributed by atoms with Crippen molar-refractivity contribution in [3.8, 4) is 11.3 Å². The van der Waals surface area contributed by atoms with E-state index in [1.54, 1.807) is 23.5 Å². The highest BCUT2D eigenvalue weighted by Crippen LogP contribution is 2.24. The molecule has 1 N–H and O–H groups in total. The molecule has 1 aliphatic rings. The molecule has 116 valence electrons. The lowest BCUT2D eigenvalue weighted by atomic mass is 10.1. The molecule has 1 aromatic carbocycles. The summed E-state index contributed by atoms with van der Waals surface area (Å²) in [5.74, 6) is 0. The first kappa shape index (κ1) is 15.1. The molecule has 1 aromatic heterocycles. The van der Waals surface area contributed by atoms with Crippen LogP contribution in [0.1, 0.15) is 30.7 Å². The van der Waals surface area contributed by atoms with Crippen molar-refractivity contribution >= 4 is 17.0 Å². The fourth-order valence-corrected chi connectivity index (χ4v) is 3.63. The predicted octanol–water partition coefficient (Wildman–Crippen LogP) is 3.79. The van der Waals surface area contributed by atoms with Crippen LogP contribution in [-0.2, 0) is 6.42 Å². The van der Waals surface area contributed by atoms with Crippen LogP contribution in [-0.4, -0.2) is 22.5 Å². The summed E-state index contributed by atoms with van der Waals surface area (Å²) in [5, 5.41) is 17.4. The Kier molecular flexibility index (Phi) is 4.80. The van der Waals surface area contributed by atoms with E-state index in [0.717, 1.165) is 29.2 Å². The molecular weight excluding hydrogens is 298 g/mol. The van der Waals surface area contributed by atoms with Crippen molar-refractivity contribution in [1.82, 2.24) is 10.3 Å². The maximum absolute atomic E-state index is 10.7. The predicted molar refractivity (Wildman–Crippen MR) is 88.2 cm³/mol. The highest BCUT2D eigenvalue weighted by Gasteiger charge is 2.14. The average Bonchev–Trinajstić information content (AvgIpc) is 3.19. The zero-order chi connectivity index (χ0) is 15.4. The van der Waals surface area contributed by atoms with Gasteiger partial charge < -0.3 is 5.32 Å². The Balaban J connectivity index is 1.57. The molecule has 0 amide bonds. The molecule has 0 radical (unpaired) electrons. The van der Waals surface area contributed by atoms with E-state index in [4.69, 9.17) is 0 Å². The molecule has 0 bridgehead atoms. The first-order chi connectivity index (χ1) is 10.7. The molecule has 1 aliphatic carbocycles. The molecule has 5 nitrogen and oxygen atoms in total. The maximum Gasteiger partial charge on any atom is 0.269 e. The van der Waals surface area contributed by atoms with Crippen molar-refractivity contribution in [2.24, 2.45) is 0 Å². The number of hydrogen-bond donors (Lipinski definition) is 1. The highest BCUT2D eigenvalue weighted by molar-refractivity contribution is 7.09. The zero-order valence-electron chi connectivity index (χ0n) is 12.3. The van der Waals surface area contributed by atoms with Crippen molar-refractivity contribution in [3.63, 3.8) is 0 Å². The van der Waals surface area contributed by atoms with Crippen molar-refractivity contribution in [2.45, 2.75) is 38.1 Å². The highest BCUT2D eigenvalue weighted by atomic mass is 32.1. The van der Waals surface area contributed by atoms with Gasteiger partial charge in [-0.1, -0.05) is 12.8 Å². The number of aromatic nitrogens is 1. The minimum absolute atomic E-state index is 0.111. The van der Waals surface area contributed by atoms with Gasteiger partial charge in [0.25, 0.3) is 5.69 Å². The molecule has 0 aliphatic heterocycles. The summed E-state index contributed by atoms with van der Waals surface area (Å²) in [5.41, 5.74) is 1.94. The summed E-state index contributed by atoms with van der Waals surface area (Å²) >= 11 is 1.65. The van der Waals surface area contributed by atoms with Crippen molar-refractivity contribution in [1.29, 1.82) is 0 Å². The fourth-order valence-electron chi connectivity index (χ4n) is 2.83. The molecule has 1 fully saturated rings. The van der Waals surface area contributed by atoms with Gasteiger partial charge >= 0.3 is 0 Å². The number of thiazole rings is 1. The number of non-ortho nitro benzene ring substituents is 1. The summed E-state index contributed by atoms with van der Waals surface area (Å²) in [6, 6.07) is 7.25. The number of nitrogens with one attached hydrogen (secondary N) is 1. The molecular formula is C16H19N3O2S. The van der Waals surface area contributed by atoms with E-state index in [2.05, 4.69) is 10.3 Å². The van der Waals surface area contributed by atoms with Crippen molar-refractivity contribution in [2.75, 3.05) is 6.54 Å². The Hall–Kier alpha value is -1.79. The van der Waals surface area contributed by atoms with Gasteiger partial charge in [0.15, 0.2) is 0 Å². The van der Waals surface area contributed by atoms with Gasteiger partial charge in [0.2, 0.25) is 0 Å². The van der Waals surface area contributed by atoms with Gasteiger partial charge in [-0.15, -0.1) is 11.3 Å². The third-order valence-corrected chi connectivity index (χ3v) is 4.96. The molecule has 0 saturated heterocycles. The van der Waals surface area contributed by atoms with E-state index >= 15 is 0 Å². The second-order valence-electron chi connectivity index (χ2n) is 5.62. The Labute approximate surface area is 133 Å². The van der Waals surface area contributed by atoms with Gasteiger partial charge in [0.05, 0.1) is 15.6 Å². The third kappa shape index (κ3) is 3.69. The number of rotatable bonds is 6. The van der Waals surface area contributed by atoms with Crippen LogP contribution in [0.2, 0.25) is 0 Å². The van der Waals surface area contributed by atoms with Crippen LogP contribution >= 0.6 is 11.3 Å². The van der Waals surface area contributed by atoms with E-state index in [9.17, 15) is 10.1 Å². The fraction of sp³-hybridized carbons (Fsp3) is 0.438. The minimum Gasteiger partial charge on any atom is -0.314 e. The summed E-state index contributed by atoms with van der Waals surface area (Å²) in [6.07, 6.45) is 6.23. The number of nitro groups is 1. The molecule has 0 atom stereocenters. The molecule has 1 saturated carbocycles. The number of nitro benzene ring substituents is 1. The molecule has 6 heteroatoms. The third-order valence-electron chi connectivity index (χ3n) is 4.05. The summed E-state index contributed by atoms with van der Waals surface area (Å²) in [4.78, 5) is 14.9. The summed E-state index contributed by atoms with van der Waals surface area (Å²) < 4.78 is 0. The Morgan fingerprint density at radius 2 is 2.00 bits per heavy atom. The van der Waals surface area contributed by atoms with Crippen LogP contribution < -0.4 is 5.32 Å². The van der Waals surface area contributed by atoms with Crippen LogP contribution in [0.3, 0.4) is 0 Å². The number of hydrogen-bond acceptors (Lipinski definition) is 5. The monoisotopic (exact) mass is 317 g/mol. The lowest BCUT2D eigenvalue weighted by Crippen LogP contribution is -2.27. The quantitative estimate of drug-likeness (QED) is 0.650.